The van der Waals surface area contributed by atoms with Crippen molar-refractivity contribution < 1.29 is 19.1 Å². The molecule has 36 heavy (non-hydrogen) atoms. The predicted molar refractivity (Wildman–Crippen MR) is 149 cm³/mol. The van der Waals surface area contributed by atoms with Gasteiger partial charge in [0.15, 0.2) is 5.78 Å². The maximum absolute atomic E-state index is 13.1. The fourth-order valence-corrected chi connectivity index (χ4v) is 5.22. The van der Waals surface area contributed by atoms with Gasteiger partial charge in [-0.3, -0.25) is 14.4 Å². The van der Waals surface area contributed by atoms with Gasteiger partial charge in [0.2, 0.25) is 5.91 Å². The molecule has 0 aliphatic heterocycles. The number of carbonyl (C=O) groups is 3. The van der Waals surface area contributed by atoms with Gasteiger partial charge in [-0.05, 0) is 44.9 Å². The van der Waals surface area contributed by atoms with Crippen LogP contribution in [0.3, 0.4) is 0 Å². The molecule has 1 N–H and O–H groups in total. The Labute approximate surface area is 222 Å². The van der Waals surface area contributed by atoms with Crippen LogP contribution >= 0.6 is 0 Å². The highest BCUT2D eigenvalue weighted by molar-refractivity contribution is 5.89. The molecule has 1 aliphatic carbocycles. The molecule has 1 aliphatic rings. The van der Waals surface area contributed by atoms with Crippen molar-refractivity contribution in [1.82, 2.24) is 5.32 Å². The lowest BCUT2D eigenvalue weighted by Crippen LogP contribution is -2.44. The van der Waals surface area contributed by atoms with Crippen LogP contribution in [0.25, 0.3) is 0 Å². The average molecular weight is 508 g/mol. The summed E-state index contributed by atoms with van der Waals surface area (Å²) in [6.07, 6.45) is 21.2. The van der Waals surface area contributed by atoms with E-state index in [1.54, 1.807) is 0 Å². The summed E-state index contributed by atoms with van der Waals surface area (Å²) in [6.45, 7) is 7.11. The highest BCUT2D eigenvalue weighted by Crippen LogP contribution is 2.30. The van der Waals surface area contributed by atoms with E-state index in [0.29, 0.717) is 38.7 Å². The lowest BCUT2D eigenvalue weighted by Gasteiger charge is -2.28. The van der Waals surface area contributed by atoms with E-state index < -0.39 is 0 Å². The molecular formula is C31H57NO4. The fraction of sp³-hybridized carbons (Fsp3) is 0.903. The van der Waals surface area contributed by atoms with Crippen molar-refractivity contribution in [1.29, 1.82) is 0 Å². The minimum Gasteiger partial charge on any atom is -0.465 e. The molecule has 1 fully saturated rings. The lowest BCUT2D eigenvalue weighted by atomic mass is 9.81. The number of Topliss-reactive ketones (excluding diaryl/α,β-unsaturated/α-hetero) is 1. The van der Waals surface area contributed by atoms with Crippen LogP contribution in [0.4, 0.5) is 0 Å². The topological polar surface area (TPSA) is 72.5 Å². The minimum atomic E-state index is -0.347. The zero-order chi connectivity index (χ0) is 26.4. The Morgan fingerprint density at radius 2 is 1.17 bits per heavy atom. The summed E-state index contributed by atoms with van der Waals surface area (Å²) in [6, 6.07) is -0.347. The number of nitrogens with one attached hydrogen (secondary N) is 1. The zero-order valence-corrected chi connectivity index (χ0v) is 23.9. The molecule has 0 radical (unpaired) electrons. The van der Waals surface area contributed by atoms with Gasteiger partial charge in [-0.25, -0.2) is 0 Å². The van der Waals surface area contributed by atoms with Crippen molar-refractivity contribution in [2.75, 3.05) is 6.61 Å². The van der Waals surface area contributed by atoms with E-state index in [1.807, 2.05) is 0 Å². The number of unbranched alkanes of at least 4 members (excludes halogenated alkanes) is 12. The molecular weight excluding hydrogens is 450 g/mol. The summed E-state index contributed by atoms with van der Waals surface area (Å²) in [5, 5.41) is 3.13. The molecule has 0 heterocycles. The third kappa shape index (κ3) is 15.0. The molecule has 1 atom stereocenters. The largest absolute Gasteiger partial charge is 0.465 e. The molecule has 210 valence electrons. The van der Waals surface area contributed by atoms with Gasteiger partial charge in [0.05, 0.1) is 18.6 Å². The van der Waals surface area contributed by atoms with E-state index in [4.69, 9.17) is 4.74 Å². The van der Waals surface area contributed by atoms with Gasteiger partial charge in [-0.1, -0.05) is 104 Å². The average Bonchev–Trinajstić information content (AvgIpc) is 2.89. The van der Waals surface area contributed by atoms with Gasteiger partial charge in [0.25, 0.3) is 0 Å². The lowest BCUT2D eigenvalue weighted by molar-refractivity contribution is -0.150. The number of rotatable bonds is 22. The summed E-state index contributed by atoms with van der Waals surface area (Å²) >= 11 is 0. The summed E-state index contributed by atoms with van der Waals surface area (Å²) < 4.78 is 5.50. The van der Waals surface area contributed by atoms with Crippen LogP contribution < -0.4 is 5.32 Å². The first kappa shape index (κ1) is 32.6. The number of esters is 1. The van der Waals surface area contributed by atoms with Crippen molar-refractivity contribution in [3.05, 3.63) is 0 Å². The predicted octanol–water partition coefficient (Wildman–Crippen LogP) is 8.08. The smallest absolute Gasteiger partial charge is 0.308 e. The van der Waals surface area contributed by atoms with E-state index in [0.717, 1.165) is 44.9 Å². The van der Waals surface area contributed by atoms with Gasteiger partial charge in [-0.2, -0.15) is 0 Å². The number of carbonyl (C=O) groups excluding carboxylic acids is 3. The Morgan fingerprint density at radius 3 is 1.75 bits per heavy atom. The number of ether oxygens (including phenoxy) is 1. The van der Waals surface area contributed by atoms with Gasteiger partial charge in [0.1, 0.15) is 0 Å². The van der Waals surface area contributed by atoms with Crippen LogP contribution in [0.15, 0.2) is 0 Å². The first-order chi connectivity index (χ1) is 17.5. The van der Waals surface area contributed by atoms with Crippen LogP contribution in [-0.4, -0.2) is 30.3 Å². The Bertz CT molecular complexity index is 583. The van der Waals surface area contributed by atoms with Crippen molar-refractivity contribution in [3.8, 4) is 0 Å². The van der Waals surface area contributed by atoms with Crippen molar-refractivity contribution in [3.63, 3.8) is 0 Å². The maximum atomic E-state index is 13.1. The standard InChI is InChI=1S/C31H57NO4/c1-4-7-10-13-16-19-28(29(33)20-17-14-11-8-5-2)32-30(34)26-21-23-27(24-22-26)31(35)36-25-18-15-12-9-6-3/h26-28H,4-25H2,1-3H3,(H,32,34). The van der Waals surface area contributed by atoms with Gasteiger partial charge in [-0.15, -0.1) is 0 Å². The molecule has 0 saturated heterocycles. The molecule has 1 unspecified atom stereocenters. The highest BCUT2D eigenvalue weighted by Gasteiger charge is 2.32. The van der Waals surface area contributed by atoms with Crippen molar-refractivity contribution >= 4 is 17.7 Å². The monoisotopic (exact) mass is 507 g/mol. The van der Waals surface area contributed by atoms with Crippen LogP contribution in [0.5, 0.6) is 0 Å². The van der Waals surface area contributed by atoms with Crippen molar-refractivity contribution in [2.24, 2.45) is 11.8 Å². The van der Waals surface area contributed by atoms with E-state index in [2.05, 4.69) is 26.1 Å². The van der Waals surface area contributed by atoms with Crippen LogP contribution in [-0.2, 0) is 19.1 Å². The van der Waals surface area contributed by atoms with Gasteiger partial charge < -0.3 is 10.1 Å². The minimum absolute atomic E-state index is 0.00985. The Hall–Kier alpha value is -1.39. The first-order valence-corrected chi connectivity index (χ1v) is 15.5. The zero-order valence-electron chi connectivity index (χ0n) is 23.9. The van der Waals surface area contributed by atoms with Gasteiger partial charge >= 0.3 is 5.97 Å². The molecule has 5 heteroatoms. The Balaban J connectivity index is 2.43. The molecule has 0 spiro atoms. The van der Waals surface area contributed by atoms with Gasteiger partial charge in [0, 0.05) is 12.3 Å². The molecule has 1 amide bonds. The third-order valence-electron chi connectivity index (χ3n) is 7.75. The third-order valence-corrected chi connectivity index (χ3v) is 7.75. The summed E-state index contributed by atoms with van der Waals surface area (Å²) in [5.74, 6) is -0.0541. The van der Waals surface area contributed by atoms with E-state index in [9.17, 15) is 14.4 Å². The number of hydrogen-bond acceptors (Lipinski definition) is 4. The maximum Gasteiger partial charge on any atom is 0.308 e. The highest BCUT2D eigenvalue weighted by atomic mass is 16.5. The van der Waals surface area contributed by atoms with E-state index >= 15 is 0 Å². The summed E-state index contributed by atoms with van der Waals surface area (Å²) in [4.78, 5) is 38.4. The van der Waals surface area contributed by atoms with Crippen molar-refractivity contribution in [2.45, 2.75) is 162 Å². The molecule has 5 nitrogen and oxygen atoms in total. The quantitative estimate of drug-likeness (QED) is 0.119. The fourth-order valence-electron chi connectivity index (χ4n) is 5.22. The molecule has 0 aromatic heterocycles. The second-order valence-electron chi connectivity index (χ2n) is 11.0. The number of hydrogen-bond donors (Lipinski definition) is 1. The van der Waals surface area contributed by atoms with Crippen LogP contribution in [0.2, 0.25) is 0 Å². The number of ketones is 1. The molecule has 1 saturated carbocycles. The van der Waals surface area contributed by atoms with E-state index in [-0.39, 0.29) is 35.5 Å². The second-order valence-corrected chi connectivity index (χ2v) is 11.0. The summed E-state index contributed by atoms with van der Waals surface area (Å²) in [5.41, 5.74) is 0. The Morgan fingerprint density at radius 1 is 0.667 bits per heavy atom. The SMILES string of the molecule is CCCCCCCOC(=O)C1CCC(C(=O)NC(CCCCCCC)C(=O)CCCCCCC)CC1. The Kier molecular flexibility index (Phi) is 19.6. The van der Waals surface area contributed by atoms with Crippen LogP contribution in [0.1, 0.15) is 156 Å². The van der Waals surface area contributed by atoms with Crippen LogP contribution in [0, 0.1) is 11.8 Å². The second kappa shape index (κ2) is 21.7. The first-order valence-electron chi connectivity index (χ1n) is 15.5. The normalized spacial score (nSPS) is 18.5. The molecule has 1 rings (SSSR count). The molecule has 0 bridgehead atoms. The molecule has 0 aromatic carbocycles. The van der Waals surface area contributed by atoms with E-state index in [1.165, 1.54) is 57.8 Å². The number of amides is 1. The summed E-state index contributed by atoms with van der Waals surface area (Å²) in [7, 11) is 0. The molecule has 0 aromatic rings.